The quantitative estimate of drug-likeness (QED) is 0.529. The zero-order valence-electron chi connectivity index (χ0n) is 16.3. The first-order chi connectivity index (χ1) is 13.4. The second-order valence-electron chi connectivity index (χ2n) is 7.69. The Morgan fingerprint density at radius 1 is 1.31 bits per heavy atom. The summed E-state index contributed by atoms with van der Waals surface area (Å²) in [6.07, 6.45) is 2.68. The normalized spacial score (nSPS) is 26.0. The predicted molar refractivity (Wildman–Crippen MR) is 115 cm³/mol. The summed E-state index contributed by atoms with van der Waals surface area (Å²) < 4.78 is 27.4. The van der Waals surface area contributed by atoms with Gasteiger partial charge >= 0.3 is 0 Å². The number of amidine groups is 1. The molecule has 0 aromatic carbocycles. The molecule has 2 aromatic rings. The minimum Gasteiger partial charge on any atom is -0.386 e. The maximum atomic E-state index is 14.7. The number of ketones is 1. The van der Waals surface area contributed by atoms with Crippen molar-refractivity contribution in [3.8, 4) is 0 Å². The Bertz CT molecular complexity index is 1120. The first-order valence-corrected chi connectivity index (χ1v) is 11.4. The Morgan fingerprint density at radius 2 is 2.00 bits per heavy atom. The van der Waals surface area contributed by atoms with Crippen LogP contribution in [-0.4, -0.2) is 47.1 Å². The van der Waals surface area contributed by atoms with Crippen LogP contribution >= 0.6 is 15.9 Å². The SMILES string of the molecule is C=S1(=O)C[C@@](C)(c2nc(CC(=O)c3cnc(Br)cn3)ccc2F)N=C(N)C1(C)C. The van der Waals surface area contributed by atoms with Crippen LogP contribution in [0.5, 0.6) is 0 Å². The average molecular weight is 482 g/mol. The molecule has 3 heterocycles. The molecule has 0 radical (unpaired) electrons. The van der Waals surface area contributed by atoms with Gasteiger partial charge in [0.25, 0.3) is 0 Å². The zero-order chi connectivity index (χ0) is 21.6. The van der Waals surface area contributed by atoms with Gasteiger partial charge in [-0.2, -0.15) is 0 Å². The van der Waals surface area contributed by atoms with Crippen molar-refractivity contribution < 1.29 is 13.4 Å². The molecule has 2 atom stereocenters. The van der Waals surface area contributed by atoms with Crippen molar-refractivity contribution in [3.63, 3.8) is 0 Å². The third kappa shape index (κ3) is 3.95. The number of nitrogens with zero attached hydrogens (tertiary/aromatic N) is 4. The first-order valence-electron chi connectivity index (χ1n) is 8.73. The van der Waals surface area contributed by atoms with Gasteiger partial charge in [-0.05, 0) is 64.2 Å². The number of rotatable bonds is 4. The highest BCUT2D eigenvalue weighted by molar-refractivity contribution is 9.10. The van der Waals surface area contributed by atoms with E-state index in [0.717, 1.165) is 0 Å². The van der Waals surface area contributed by atoms with Crippen LogP contribution < -0.4 is 5.73 Å². The molecule has 3 rings (SSSR count). The van der Waals surface area contributed by atoms with Gasteiger partial charge in [0, 0.05) is 11.4 Å². The summed E-state index contributed by atoms with van der Waals surface area (Å²) >= 11 is 3.16. The number of Topliss-reactive ketones (excluding diaryl/α,β-unsaturated/α-hetero) is 1. The van der Waals surface area contributed by atoms with Crippen molar-refractivity contribution in [1.29, 1.82) is 0 Å². The molecule has 1 unspecified atom stereocenters. The van der Waals surface area contributed by atoms with Crippen molar-refractivity contribution in [2.24, 2.45) is 10.7 Å². The Hall–Kier alpha value is -2.20. The smallest absolute Gasteiger partial charge is 0.188 e. The number of aromatic nitrogens is 3. The van der Waals surface area contributed by atoms with E-state index < -0.39 is 25.6 Å². The maximum absolute atomic E-state index is 14.7. The third-order valence-corrected chi connectivity index (χ3v) is 8.60. The fourth-order valence-electron chi connectivity index (χ4n) is 3.05. The Morgan fingerprint density at radius 3 is 2.59 bits per heavy atom. The molecular formula is C19H21BrFN5O2S. The van der Waals surface area contributed by atoms with E-state index in [2.05, 4.69) is 41.7 Å². The molecule has 0 aliphatic carbocycles. The monoisotopic (exact) mass is 481 g/mol. The van der Waals surface area contributed by atoms with Gasteiger partial charge in [-0.25, -0.2) is 14.4 Å². The lowest BCUT2D eigenvalue weighted by Gasteiger charge is -2.40. The third-order valence-electron chi connectivity index (χ3n) is 5.09. The molecule has 1 aliphatic rings. The number of pyridine rings is 1. The fourth-order valence-corrected chi connectivity index (χ4v) is 5.15. The van der Waals surface area contributed by atoms with Crippen molar-refractivity contribution in [1.82, 2.24) is 15.0 Å². The Balaban J connectivity index is 1.98. The molecule has 7 nitrogen and oxygen atoms in total. The molecule has 0 saturated carbocycles. The topological polar surface area (TPSA) is 111 Å². The standard InChI is InChI=1S/C19H21BrFN5O2S/c1-18(2)17(22)26-19(3,10-29(18,4)28)16-12(21)6-5-11(25-16)7-14(27)13-8-24-15(20)9-23-13/h5-6,8-9H,4,7,10H2,1-3H3,(H2,22,26)/t19-,29?/m0/s1. The van der Waals surface area contributed by atoms with Crippen LogP contribution in [0.2, 0.25) is 0 Å². The number of hydrogen-bond donors (Lipinski definition) is 1. The number of hydrogen-bond acceptors (Lipinski definition) is 7. The molecule has 0 bridgehead atoms. The van der Waals surface area contributed by atoms with Gasteiger partial charge in [0.1, 0.15) is 33.2 Å². The number of nitrogens with two attached hydrogens (primary N) is 1. The van der Waals surface area contributed by atoms with Crippen LogP contribution in [0.25, 0.3) is 0 Å². The van der Waals surface area contributed by atoms with Gasteiger partial charge < -0.3 is 5.73 Å². The summed E-state index contributed by atoms with van der Waals surface area (Å²) in [7, 11) is -2.72. The minimum absolute atomic E-state index is 0.00674. The van der Waals surface area contributed by atoms with Crippen LogP contribution in [0.3, 0.4) is 0 Å². The number of aliphatic imine (C=N–C) groups is 1. The van der Waals surface area contributed by atoms with Crippen LogP contribution in [0.15, 0.2) is 34.1 Å². The lowest BCUT2D eigenvalue weighted by atomic mass is 9.97. The summed E-state index contributed by atoms with van der Waals surface area (Å²) in [4.78, 5) is 29.2. The summed E-state index contributed by atoms with van der Waals surface area (Å²) in [5.41, 5.74) is 5.32. The van der Waals surface area contributed by atoms with Gasteiger partial charge in [-0.15, -0.1) is 0 Å². The van der Waals surface area contributed by atoms with E-state index >= 15 is 0 Å². The zero-order valence-corrected chi connectivity index (χ0v) is 18.7. The van der Waals surface area contributed by atoms with Gasteiger partial charge in [0.2, 0.25) is 0 Å². The molecule has 0 saturated heterocycles. The Kier molecular flexibility index (Phi) is 5.37. The van der Waals surface area contributed by atoms with Crippen LogP contribution in [0.1, 0.15) is 42.6 Å². The second-order valence-corrected chi connectivity index (χ2v) is 11.4. The molecule has 0 amide bonds. The van der Waals surface area contributed by atoms with Crippen LogP contribution in [0.4, 0.5) is 4.39 Å². The van der Waals surface area contributed by atoms with Crippen molar-refractivity contribution in [2.75, 3.05) is 5.75 Å². The Labute approximate surface area is 177 Å². The predicted octanol–water partition coefficient (Wildman–Crippen LogP) is 2.28. The first kappa shape index (κ1) is 21.5. The molecular weight excluding hydrogens is 461 g/mol. The van der Waals surface area contributed by atoms with Gasteiger partial charge in [-0.3, -0.25) is 19.0 Å². The maximum Gasteiger partial charge on any atom is 0.188 e. The van der Waals surface area contributed by atoms with E-state index in [1.807, 2.05) is 0 Å². The van der Waals surface area contributed by atoms with Crippen LogP contribution in [-0.2, 0) is 21.5 Å². The minimum atomic E-state index is -2.72. The molecule has 0 fully saturated rings. The molecule has 0 spiro atoms. The molecule has 29 heavy (non-hydrogen) atoms. The fraction of sp³-hybridized carbons (Fsp3) is 0.368. The second kappa shape index (κ2) is 7.24. The van der Waals surface area contributed by atoms with Crippen molar-refractivity contribution in [2.45, 2.75) is 37.5 Å². The van der Waals surface area contributed by atoms with Gasteiger partial charge in [0.15, 0.2) is 5.78 Å². The number of carbonyl (C=O) groups is 1. The molecule has 1 aliphatic heterocycles. The summed E-state index contributed by atoms with van der Waals surface area (Å²) in [6, 6.07) is 2.65. The average Bonchev–Trinajstić information content (AvgIpc) is 2.62. The van der Waals surface area contributed by atoms with Crippen LogP contribution in [0, 0.1) is 5.82 Å². The highest BCUT2D eigenvalue weighted by atomic mass is 79.9. The van der Waals surface area contributed by atoms with E-state index in [4.69, 9.17) is 5.73 Å². The number of halogens is 2. The van der Waals surface area contributed by atoms with E-state index in [-0.39, 0.29) is 35.2 Å². The highest BCUT2D eigenvalue weighted by Gasteiger charge is 2.46. The molecule has 2 N–H and O–H groups in total. The summed E-state index contributed by atoms with van der Waals surface area (Å²) in [5, 5.41) is 0. The van der Waals surface area contributed by atoms with E-state index in [1.165, 1.54) is 24.5 Å². The van der Waals surface area contributed by atoms with Crippen molar-refractivity contribution >= 4 is 42.9 Å². The largest absolute Gasteiger partial charge is 0.386 e. The summed E-state index contributed by atoms with van der Waals surface area (Å²) in [5.74, 6) is 3.05. The lowest BCUT2D eigenvalue weighted by molar-refractivity contribution is 0.0986. The van der Waals surface area contributed by atoms with Gasteiger partial charge in [-0.1, -0.05) is 0 Å². The molecule has 154 valence electrons. The van der Waals surface area contributed by atoms with E-state index in [1.54, 1.807) is 20.8 Å². The highest BCUT2D eigenvalue weighted by Crippen LogP contribution is 2.37. The van der Waals surface area contributed by atoms with Crippen molar-refractivity contribution in [3.05, 3.63) is 52.0 Å². The van der Waals surface area contributed by atoms with E-state index in [9.17, 15) is 13.4 Å². The molecule has 2 aromatic heterocycles. The molecule has 10 heteroatoms. The lowest BCUT2D eigenvalue weighted by Crippen LogP contribution is -2.55. The number of carbonyl (C=O) groups excluding carboxylic acids is 1. The summed E-state index contributed by atoms with van der Waals surface area (Å²) in [6.45, 7) is 5.04. The van der Waals surface area contributed by atoms with E-state index in [0.29, 0.717) is 10.3 Å². The van der Waals surface area contributed by atoms with Gasteiger partial charge in [0.05, 0.1) is 23.6 Å².